The fourth-order valence-electron chi connectivity index (χ4n) is 1.18. The third-order valence-corrected chi connectivity index (χ3v) is 2.13. The number of rotatable bonds is 5. The Morgan fingerprint density at radius 3 is 2.88 bits per heavy atom. The fourth-order valence-corrected chi connectivity index (χ4v) is 1.18. The number of anilines is 1. The van der Waals surface area contributed by atoms with E-state index < -0.39 is 0 Å². The quantitative estimate of drug-likeness (QED) is 0.784. The summed E-state index contributed by atoms with van der Waals surface area (Å²) in [6.45, 7) is 4.67. The highest BCUT2D eigenvalue weighted by atomic mass is 16.1. The maximum absolute atomic E-state index is 11.0. The van der Waals surface area contributed by atoms with E-state index in [1.807, 2.05) is 13.8 Å². The average molecular weight is 222 g/mol. The van der Waals surface area contributed by atoms with Gasteiger partial charge in [-0.1, -0.05) is 13.8 Å². The summed E-state index contributed by atoms with van der Waals surface area (Å²) in [6, 6.07) is 1.80. The number of hydrogen-bond donors (Lipinski definition) is 2. The zero-order chi connectivity index (χ0) is 12.0. The molecule has 2 N–H and O–H groups in total. The van der Waals surface area contributed by atoms with Crippen molar-refractivity contribution < 1.29 is 4.79 Å². The van der Waals surface area contributed by atoms with Crippen LogP contribution in [-0.4, -0.2) is 29.5 Å². The Balaban J connectivity index is 2.48. The first-order chi connectivity index (χ1) is 7.63. The molecule has 0 aliphatic heterocycles. The van der Waals surface area contributed by atoms with Gasteiger partial charge in [-0.25, -0.2) is 9.97 Å². The van der Waals surface area contributed by atoms with Crippen LogP contribution in [0.3, 0.4) is 0 Å². The maximum Gasteiger partial charge on any atom is 0.221 e. The molecule has 0 aliphatic carbocycles. The molecule has 0 spiro atoms. The van der Waals surface area contributed by atoms with Gasteiger partial charge in [-0.3, -0.25) is 4.79 Å². The molecule has 0 aliphatic rings. The number of aromatic nitrogens is 2. The lowest BCUT2D eigenvalue weighted by molar-refractivity contribution is -0.120. The zero-order valence-corrected chi connectivity index (χ0v) is 9.95. The van der Waals surface area contributed by atoms with Gasteiger partial charge in [-0.05, 0) is 6.07 Å². The summed E-state index contributed by atoms with van der Waals surface area (Å²) in [6.07, 6.45) is 2.17. The molecule has 0 radical (unpaired) electrons. The molecule has 1 amide bonds. The lowest BCUT2D eigenvalue weighted by Gasteiger charge is -2.07. The molecular weight excluding hydrogens is 204 g/mol. The number of nitrogens with zero attached hydrogens (tertiary/aromatic N) is 2. The van der Waals surface area contributed by atoms with Crippen LogP contribution in [0.25, 0.3) is 0 Å². The molecule has 0 atom stereocenters. The van der Waals surface area contributed by atoms with Crippen molar-refractivity contribution in [2.24, 2.45) is 0 Å². The Bertz CT molecular complexity index is 352. The van der Waals surface area contributed by atoms with Gasteiger partial charge in [0.25, 0.3) is 0 Å². The van der Waals surface area contributed by atoms with Gasteiger partial charge in [0.1, 0.15) is 11.6 Å². The third-order valence-electron chi connectivity index (χ3n) is 2.13. The Kier molecular flexibility index (Phi) is 4.69. The van der Waals surface area contributed by atoms with Gasteiger partial charge in [0.05, 0.1) is 0 Å². The van der Waals surface area contributed by atoms with Crippen LogP contribution in [0.4, 0.5) is 5.82 Å². The van der Waals surface area contributed by atoms with Gasteiger partial charge >= 0.3 is 0 Å². The van der Waals surface area contributed by atoms with Crippen LogP contribution < -0.4 is 10.6 Å². The SMILES string of the molecule is CNC(=O)CCNc1ccnc(C(C)C)n1. The molecule has 88 valence electrons. The van der Waals surface area contributed by atoms with Gasteiger partial charge in [-0.15, -0.1) is 0 Å². The van der Waals surface area contributed by atoms with Crippen molar-refractivity contribution in [2.45, 2.75) is 26.2 Å². The predicted octanol–water partition coefficient (Wildman–Crippen LogP) is 1.15. The number of carbonyl (C=O) groups excluding carboxylic acids is 1. The number of amides is 1. The van der Waals surface area contributed by atoms with Crippen molar-refractivity contribution in [3.63, 3.8) is 0 Å². The molecule has 0 bridgehead atoms. The molecule has 1 aromatic heterocycles. The molecule has 1 heterocycles. The smallest absolute Gasteiger partial charge is 0.221 e. The predicted molar refractivity (Wildman–Crippen MR) is 63.3 cm³/mol. The minimum atomic E-state index is 0.0191. The molecule has 1 aromatic rings. The van der Waals surface area contributed by atoms with Crippen LogP contribution in [0, 0.1) is 0 Å². The van der Waals surface area contributed by atoms with Crippen LogP contribution in [0.5, 0.6) is 0 Å². The molecule has 0 unspecified atom stereocenters. The second-order valence-corrected chi connectivity index (χ2v) is 3.80. The molecule has 5 heteroatoms. The highest BCUT2D eigenvalue weighted by Gasteiger charge is 2.03. The van der Waals surface area contributed by atoms with Crippen molar-refractivity contribution in [2.75, 3.05) is 18.9 Å². The summed E-state index contributed by atoms with van der Waals surface area (Å²) in [5.74, 6) is 1.90. The van der Waals surface area contributed by atoms with Gasteiger partial charge in [0.2, 0.25) is 5.91 Å². The van der Waals surface area contributed by atoms with Crippen LogP contribution in [0.2, 0.25) is 0 Å². The molecular formula is C11H18N4O. The van der Waals surface area contributed by atoms with E-state index in [9.17, 15) is 4.79 Å². The van der Waals surface area contributed by atoms with Crippen molar-refractivity contribution in [3.8, 4) is 0 Å². The van der Waals surface area contributed by atoms with Crippen molar-refractivity contribution >= 4 is 11.7 Å². The maximum atomic E-state index is 11.0. The summed E-state index contributed by atoms with van der Waals surface area (Å²) < 4.78 is 0. The highest BCUT2D eigenvalue weighted by Crippen LogP contribution is 2.10. The molecule has 1 rings (SSSR count). The second kappa shape index (κ2) is 6.05. The lowest BCUT2D eigenvalue weighted by Crippen LogP contribution is -2.21. The van der Waals surface area contributed by atoms with Crippen LogP contribution >= 0.6 is 0 Å². The van der Waals surface area contributed by atoms with E-state index >= 15 is 0 Å². The standard InChI is InChI=1S/C11H18N4O/c1-8(2)11-14-6-4-9(15-11)13-7-5-10(16)12-3/h4,6,8H,5,7H2,1-3H3,(H,12,16)(H,13,14,15). The van der Waals surface area contributed by atoms with Gasteiger partial charge < -0.3 is 10.6 Å². The largest absolute Gasteiger partial charge is 0.369 e. The molecule has 0 saturated heterocycles. The van der Waals surface area contributed by atoms with Crippen LogP contribution in [0.15, 0.2) is 12.3 Å². The average Bonchev–Trinajstić information content (AvgIpc) is 2.29. The molecule has 0 aromatic carbocycles. The van der Waals surface area contributed by atoms with Gasteiger partial charge in [0, 0.05) is 32.1 Å². The zero-order valence-electron chi connectivity index (χ0n) is 9.95. The van der Waals surface area contributed by atoms with E-state index in [2.05, 4.69) is 20.6 Å². The van der Waals surface area contributed by atoms with E-state index in [1.165, 1.54) is 0 Å². The monoisotopic (exact) mass is 222 g/mol. The number of hydrogen-bond acceptors (Lipinski definition) is 4. The summed E-state index contributed by atoms with van der Waals surface area (Å²) in [7, 11) is 1.63. The van der Waals surface area contributed by atoms with Crippen molar-refractivity contribution in [1.29, 1.82) is 0 Å². The topological polar surface area (TPSA) is 66.9 Å². The first kappa shape index (κ1) is 12.4. The highest BCUT2D eigenvalue weighted by molar-refractivity contribution is 5.75. The van der Waals surface area contributed by atoms with Gasteiger partial charge in [-0.2, -0.15) is 0 Å². The van der Waals surface area contributed by atoms with Crippen LogP contribution in [0.1, 0.15) is 32.0 Å². The second-order valence-electron chi connectivity index (χ2n) is 3.80. The first-order valence-electron chi connectivity index (χ1n) is 5.41. The summed E-state index contributed by atoms with van der Waals surface area (Å²) in [4.78, 5) is 19.5. The lowest BCUT2D eigenvalue weighted by atomic mass is 10.2. The minimum absolute atomic E-state index is 0.0191. The Labute approximate surface area is 95.7 Å². The Hall–Kier alpha value is -1.65. The fraction of sp³-hybridized carbons (Fsp3) is 0.545. The van der Waals surface area contributed by atoms with E-state index in [0.29, 0.717) is 18.9 Å². The minimum Gasteiger partial charge on any atom is -0.369 e. The number of nitrogens with one attached hydrogen (secondary N) is 2. The normalized spacial score (nSPS) is 10.2. The number of carbonyl (C=O) groups is 1. The van der Waals surface area contributed by atoms with E-state index in [1.54, 1.807) is 19.3 Å². The molecule has 16 heavy (non-hydrogen) atoms. The summed E-state index contributed by atoms with van der Waals surface area (Å²) >= 11 is 0. The summed E-state index contributed by atoms with van der Waals surface area (Å²) in [5, 5.41) is 5.66. The van der Waals surface area contributed by atoms with Crippen molar-refractivity contribution in [1.82, 2.24) is 15.3 Å². The van der Waals surface area contributed by atoms with Crippen molar-refractivity contribution in [3.05, 3.63) is 18.1 Å². The van der Waals surface area contributed by atoms with Gasteiger partial charge in [0.15, 0.2) is 0 Å². The Morgan fingerprint density at radius 2 is 2.25 bits per heavy atom. The van der Waals surface area contributed by atoms with Crippen LogP contribution in [-0.2, 0) is 4.79 Å². The molecule has 0 saturated carbocycles. The van der Waals surface area contributed by atoms with E-state index in [-0.39, 0.29) is 5.91 Å². The Morgan fingerprint density at radius 1 is 1.50 bits per heavy atom. The van der Waals surface area contributed by atoms with E-state index in [4.69, 9.17) is 0 Å². The summed E-state index contributed by atoms with van der Waals surface area (Å²) in [5.41, 5.74) is 0. The molecule has 0 fully saturated rings. The third kappa shape index (κ3) is 3.84. The van der Waals surface area contributed by atoms with E-state index in [0.717, 1.165) is 11.6 Å². The molecule has 5 nitrogen and oxygen atoms in total. The first-order valence-corrected chi connectivity index (χ1v) is 5.41.